The Morgan fingerprint density at radius 1 is 0.951 bits per heavy atom. The maximum atomic E-state index is 5.48. The third kappa shape index (κ3) is 20.4. The standard InChI is InChI=1S/C20H39NO.C16H23N.C2H4/c1-3-5-6-7-8-9-10-11-12-13-14-17-21-18-15-20(16-19-21)22-4-2;1-4-11-14(5-2)16(17-6-3)15-12-9-7-8-10-13-15;1-2/h4,20H,2-3,5-19H2,1H3;4-5,7-9,11-13,16-17H,6,10H2,1-3H3;1-2H2/b;11-4-,14-5+;. The SMILES string of the molecule is C/C=C\C(=C/C)C(NCC)C1=CCC=CC=C1.C=C.C=COC1CCN(CCCCCCCCCCCCC)CC1. The monoisotopic (exact) mass is 567 g/mol. The van der Waals surface area contributed by atoms with Gasteiger partial charge in [0.2, 0.25) is 0 Å². The van der Waals surface area contributed by atoms with E-state index in [-0.39, 0.29) is 0 Å². The Balaban J connectivity index is 0.000000757. The number of likely N-dealkylation sites (tertiary alicyclic amines) is 1. The number of hydrogen-bond donors (Lipinski definition) is 1. The molecule has 3 heteroatoms. The number of allylic oxidation sites excluding steroid dienone is 6. The number of nitrogens with zero attached hydrogens (tertiary/aromatic N) is 1. The number of piperidine rings is 1. The molecule has 1 atom stereocenters. The highest BCUT2D eigenvalue weighted by molar-refractivity contribution is 5.41. The summed E-state index contributed by atoms with van der Waals surface area (Å²) >= 11 is 0. The van der Waals surface area contributed by atoms with Gasteiger partial charge in [-0.2, -0.15) is 0 Å². The number of rotatable bonds is 19. The van der Waals surface area contributed by atoms with E-state index in [9.17, 15) is 0 Å². The molecule has 0 radical (unpaired) electrons. The fourth-order valence-electron chi connectivity index (χ4n) is 5.40. The van der Waals surface area contributed by atoms with Gasteiger partial charge in [0.1, 0.15) is 6.10 Å². The van der Waals surface area contributed by atoms with E-state index in [2.05, 4.69) is 106 Å². The Labute approximate surface area is 256 Å². The minimum Gasteiger partial charge on any atom is -0.499 e. The second-order valence-electron chi connectivity index (χ2n) is 10.9. The molecule has 1 unspecified atom stereocenters. The molecule has 0 aromatic carbocycles. The van der Waals surface area contributed by atoms with Crippen LogP contribution < -0.4 is 5.32 Å². The van der Waals surface area contributed by atoms with Crippen molar-refractivity contribution in [2.24, 2.45) is 0 Å². The van der Waals surface area contributed by atoms with Gasteiger partial charge >= 0.3 is 0 Å². The lowest BCUT2D eigenvalue weighted by Gasteiger charge is -2.31. The van der Waals surface area contributed by atoms with E-state index in [1.54, 1.807) is 6.26 Å². The van der Waals surface area contributed by atoms with E-state index in [4.69, 9.17) is 4.74 Å². The lowest BCUT2D eigenvalue weighted by molar-refractivity contribution is 0.0670. The van der Waals surface area contributed by atoms with Crippen molar-refractivity contribution in [1.82, 2.24) is 10.2 Å². The third-order valence-corrected chi connectivity index (χ3v) is 7.69. The Morgan fingerprint density at radius 3 is 2.10 bits per heavy atom. The molecule has 1 aliphatic carbocycles. The average molecular weight is 567 g/mol. The number of likely N-dealkylation sites (N-methyl/N-ethyl adjacent to an activating group) is 1. The van der Waals surface area contributed by atoms with E-state index in [1.165, 1.54) is 114 Å². The molecule has 0 aromatic heterocycles. The van der Waals surface area contributed by atoms with Crippen LogP contribution in [0.15, 0.2) is 85.8 Å². The van der Waals surface area contributed by atoms with Crippen LogP contribution in [-0.4, -0.2) is 43.2 Å². The minimum atomic E-state index is 0.303. The first kappa shape index (κ1) is 38.9. The summed E-state index contributed by atoms with van der Waals surface area (Å²) in [7, 11) is 0. The van der Waals surface area contributed by atoms with Gasteiger partial charge in [0.15, 0.2) is 0 Å². The summed E-state index contributed by atoms with van der Waals surface area (Å²) in [4.78, 5) is 2.61. The lowest BCUT2D eigenvalue weighted by Crippen LogP contribution is -2.37. The van der Waals surface area contributed by atoms with Crippen LogP contribution in [0.1, 0.15) is 118 Å². The van der Waals surface area contributed by atoms with Gasteiger partial charge in [-0.25, -0.2) is 0 Å². The molecule has 0 aromatic rings. The molecule has 0 spiro atoms. The fourth-order valence-corrected chi connectivity index (χ4v) is 5.40. The minimum absolute atomic E-state index is 0.303. The molecule has 2 rings (SSSR count). The summed E-state index contributed by atoms with van der Waals surface area (Å²) in [6.07, 6.45) is 38.5. The van der Waals surface area contributed by atoms with Crippen LogP contribution in [0, 0.1) is 0 Å². The smallest absolute Gasteiger partial charge is 0.100 e. The van der Waals surface area contributed by atoms with Gasteiger partial charge in [0.25, 0.3) is 0 Å². The average Bonchev–Trinajstić information content (AvgIpc) is 3.30. The van der Waals surface area contributed by atoms with Crippen molar-refractivity contribution in [3.05, 3.63) is 85.8 Å². The van der Waals surface area contributed by atoms with Crippen LogP contribution in [0.4, 0.5) is 0 Å². The van der Waals surface area contributed by atoms with Crippen molar-refractivity contribution < 1.29 is 4.74 Å². The quantitative estimate of drug-likeness (QED) is 0.0728. The molecular weight excluding hydrogens is 500 g/mol. The predicted octanol–water partition coefficient (Wildman–Crippen LogP) is 10.7. The van der Waals surface area contributed by atoms with Crippen molar-refractivity contribution in [2.45, 2.75) is 130 Å². The van der Waals surface area contributed by atoms with Crippen molar-refractivity contribution >= 4 is 0 Å². The van der Waals surface area contributed by atoms with Gasteiger partial charge in [-0.15, -0.1) is 13.2 Å². The zero-order chi connectivity index (χ0) is 30.4. The first-order chi connectivity index (χ1) is 20.2. The maximum Gasteiger partial charge on any atom is 0.100 e. The van der Waals surface area contributed by atoms with E-state index in [1.807, 2.05) is 0 Å². The van der Waals surface area contributed by atoms with Crippen LogP contribution in [0.5, 0.6) is 0 Å². The summed E-state index contributed by atoms with van der Waals surface area (Å²) in [6, 6.07) is 0.303. The van der Waals surface area contributed by atoms with Crippen LogP contribution in [0.25, 0.3) is 0 Å². The molecule has 234 valence electrons. The summed E-state index contributed by atoms with van der Waals surface area (Å²) in [5.74, 6) is 0. The Bertz CT molecular complexity index is 752. The van der Waals surface area contributed by atoms with Crippen LogP contribution >= 0.6 is 0 Å². The largest absolute Gasteiger partial charge is 0.499 e. The second kappa shape index (κ2) is 29.4. The molecule has 3 nitrogen and oxygen atoms in total. The first-order valence-corrected chi connectivity index (χ1v) is 16.7. The molecule has 1 saturated heterocycles. The van der Waals surface area contributed by atoms with E-state index in [0.717, 1.165) is 13.0 Å². The molecule has 41 heavy (non-hydrogen) atoms. The van der Waals surface area contributed by atoms with Gasteiger partial charge in [0, 0.05) is 13.1 Å². The van der Waals surface area contributed by atoms with E-state index in [0.29, 0.717) is 12.1 Å². The highest BCUT2D eigenvalue weighted by atomic mass is 16.5. The molecule has 2 aliphatic rings. The Kier molecular flexibility index (Phi) is 27.9. The maximum absolute atomic E-state index is 5.48. The third-order valence-electron chi connectivity index (χ3n) is 7.69. The van der Waals surface area contributed by atoms with Gasteiger partial charge in [-0.1, -0.05) is 133 Å². The van der Waals surface area contributed by atoms with Gasteiger partial charge in [-0.05, 0) is 63.8 Å². The number of hydrogen-bond acceptors (Lipinski definition) is 3. The second-order valence-corrected chi connectivity index (χ2v) is 10.9. The molecule has 1 aliphatic heterocycles. The van der Waals surface area contributed by atoms with Crippen LogP contribution in [-0.2, 0) is 4.74 Å². The molecule has 1 fully saturated rings. The molecule has 0 saturated carbocycles. The summed E-state index contributed by atoms with van der Waals surface area (Å²) in [5.41, 5.74) is 2.68. The highest BCUT2D eigenvalue weighted by Crippen LogP contribution is 2.18. The topological polar surface area (TPSA) is 24.5 Å². The molecule has 1 N–H and O–H groups in total. The normalized spacial score (nSPS) is 16.7. The summed E-state index contributed by atoms with van der Waals surface area (Å²) < 4.78 is 5.48. The lowest BCUT2D eigenvalue weighted by atomic mass is 9.96. The van der Waals surface area contributed by atoms with Crippen molar-refractivity contribution in [1.29, 1.82) is 0 Å². The number of ether oxygens (including phenoxy) is 1. The van der Waals surface area contributed by atoms with Gasteiger partial charge in [0.05, 0.1) is 12.3 Å². The van der Waals surface area contributed by atoms with Crippen molar-refractivity contribution in [2.75, 3.05) is 26.2 Å². The Hall–Kier alpha value is -2.10. The molecular formula is C38H66N2O. The van der Waals surface area contributed by atoms with Crippen molar-refractivity contribution in [3.63, 3.8) is 0 Å². The van der Waals surface area contributed by atoms with Gasteiger partial charge in [-0.3, -0.25) is 0 Å². The number of nitrogens with one attached hydrogen (secondary N) is 1. The zero-order valence-electron chi connectivity index (χ0n) is 27.6. The van der Waals surface area contributed by atoms with Crippen LogP contribution in [0.3, 0.4) is 0 Å². The predicted molar refractivity (Wildman–Crippen MR) is 185 cm³/mol. The van der Waals surface area contributed by atoms with E-state index >= 15 is 0 Å². The van der Waals surface area contributed by atoms with E-state index < -0.39 is 0 Å². The molecule has 0 bridgehead atoms. The van der Waals surface area contributed by atoms with Gasteiger partial charge < -0.3 is 15.0 Å². The van der Waals surface area contributed by atoms with Crippen LogP contribution in [0.2, 0.25) is 0 Å². The zero-order valence-corrected chi connectivity index (χ0v) is 27.6. The Morgan fingerprint density at radius 2 is 1.56 bits per heavy atom. The molecule has 1 heterocycles. The van der Waals surface area contributed by atoms with Crippen molar-refractivity contribution in [3.8, 4) is 0 Å². The summed E-state index contributed by atoms with van der Waals surface area (Å²) in [5, 5.41) is 3.55. The summed E-state index contributed by atoms with van der Waals surface area (Å²) in [6.45, 7) is 22.9. The highest BCUT2D eigenvalue weighted by Gasteiger charge is 2.18. The first-order valence-electron chi connectivity index (χ1n) is 16.7. The number of unbranched alkanes of at least 4 members (excludes halogenated alkanes) is 10. The molecule has 0 amide bonds. The fraction of sp³-hybridized carbons (Fsp3) is 0.632.